The molecule has 0 aliphatic carbocycles. The van der Waals surface area contributed by atoms with Gasteiger partial charge in [0.2, 0.25) is 0 Å². The Morgan fingerprint density at radius 1 is 1.00 bits per heavy atom. The minimum Gasteiger partial charge on any atom is -0.508 e. The van der Waals surface area contributed by atoms with Gasteiger partial charge in [0.1, 0.15) is 17.2 Å². The molecule has 2 aromatic carbocycles. The van der Waals surface area contributed by atoms with Crippen LogP contribution in [0.1, 0.15) is 56.1 Å². The maximum absolute atomic E-state index is 12.3. The number of phenols is 1. The smallest absolute Gasteiger partial charge is 0.185 e. The molecule has 0 saturated heterocycles. The molecular weight excluding hydrogens is 340 g/mol. The summed E-state index contributed by atoms with van der Waals surface area (Å²) >= 11 is 0. The Labute approximate surface area is 161 Å². The molecule has 0 aliphatic heterocycles. The van der Waals surface area contributed by atoms with E-state index in [1.165, 1.54) is 18.2 Å². The van der Waals surface area contributed by atoms with Crippen LogP contribution in [0.3, 0.4) is 0 Å². The van der Waals surface area contributed by atoms with Gasteiger partial charge in [0.25, 0.3) is 0 Å². The second kappa shape index (κ2) is 8.76. The molecular formula is C23H28O4. The molecule has 4 heteroatoms. The van der Waals surface area contributed by atoms with Crippen LogP contribution < -0.4 is 9.47 Å². The third kappa shape index (κ3) is 5.36. The van der Waals surface area contributed by atoms with Gasteiger partial charge in [0.15, 0.2) is 5.78 Å². The standard InChI is InChI=1S/C23H28O4/c1-6-26-20-14-16(15-21(27-7-2)22(20)23(3,4)5)8-13-19(25)17-9-11-18(24)12-10-17/h8-15,24H,6-7H2,1-5H3/b13-8+. The number of benzene rings is 2. The molecule has 0 fully saturated rings. The molecule has 1 N–H and O–H groups in total. The normalized spacial score (nSPS) is 11.6. The van der Waals surface area contributed by atoms with Crippen LogP contribution in [-0.4, -0.2) is 24.1 Å². The molecule has 0 atom stereocenters. The first-order valence-electron chi connectivity index (χ1n) is 9.21. The van der Waals surface area contributed by atoms with Crippen molar-refractivity contribution >= 4 is 11.9 Å². The average molecular weight is 368 g/mol. The molecule has 0 saturated carbocycles. The number of hydrogen-bond acceptors (Lipinski definition) is 4. The lowest BCUT2D eigenvalue weighted by Gasteiger charge is -2.26. The summed E-state index contributed by atoms with van der Waals surface area (Å²) in [5.74, 6) is 1.54. The maximum Gasteiger partial charge on any atom is 0.185 e. The van der Waals surface area contributed by atoms with E-state index in [0.29, 0.717) is 18.8 Å². The van der Waals surface area contributed by atoms with E-state index in [1.54, 1.807) is 18.2 Å². The Kier molecular flexibility index (Phi) is 6.67. The topological polar surface area (TPSA) is 55.8 Å². The number of ketones is 1. The fraction of sp³-hybridized carbons (Fsp3) is 0.348. The largest absolute Gasteiger partial charge is 0.508 e. The van der Waals surface area contributed by atoms with E-state index in [2.05, 4.69) is 20.8 Å². The van der Waals surface area contributed by atoms with Gasteiger partial charge in [-0.2, -0.15) is 0 Å². The number of rotatable bonds is 7. The van der Waals surface area contributed by atoms with Crippen LogP contribution in [0.15, 0.2) is 42.5 Å². The molecule has 2 rings (SSSR count). The molecule has 0 spiro atoms. The third-order valence-corrected chi connectivity index (χ3v) is 4.02. The van der Waals surface area contributed by atoms with E-state index in [-0.39, 0.29) is 16.9 Å². The SMILES string of the molecule is CCOc1cc(/C=C/C(=O)c2ccc(O)cc2)cc(OCC)c1C(C)(C)C. The number of phenolic OH excluding ortho intramolecular Hbond substituents is 1. The summed E-state index contributed by atoms with van der Waals surface area (Å²) in [6.07, 6.45) is 3.27. The van der Waals surface area contributed by atoms with Gasteiger partial charge in [-0.3, -0.25) is 4.79 Å². The first-order valence-corrected chi connectivity index (χ1v) is 9.21. The zero-order chi connectivity index (χ0) is 20.0. The van der Waals surface area contributed by atoms with E-state index in [0.717, 1.165) is 22.6 Å². The molecule has 0 bridgehead atoms. The summed E-state index contributed by atoms with van der Waals surface area (Å²) in [6.45, 7) is 11.4. The van der Waals surface area contributed by atoms with Gasteiger partial charge >= 0.3 is 0 Å². The highest BCUT2D eigenvalue weighted by Gasteiger charge is 2.25. The number of carbonyl (C=O) groups is 1. The van der Waals surface area contributed by atoms with Crippen LogP contribution in [0.25, 0.3) is 6.08 Å². The minimum absolute atomic E-state index is 0.134. The van der Waals surface area contributed by atoms with Gasteiger partial charge in [0, 0.05) is 11.1 Å². The molecule has 0 radical (unpaired) electrons. The number of carbonyl (C=O) groups excluding carboxylic acids is 1. The molecule has 27 heavy (non-hydrogen) atoms. The quantitative estimate of drug-likeness (QED) is 0.526. The highest BCUT2D eigenvalue weighted by molar-refractivity contribution is 6.06. The predicted octanol–water partition coefficient (Wildman–Crippen LogP) is 5.38. The Hall–Kier alpha value is -2.75. The van der Waals surface area contributed by atoms with E-state index in [4.69, 9.17) is 9.47 Å². The van der Waals surface area contributed by atoms with Crippen molar-refractivity contribution in [3.05, 3.63) is 59.2 Å². The summed E-state index contributed by atoms with van der Waals surface area (Å²) in [7, 11) is 0. The first-order chi connectivity index (χ1) is 12.8. The Balaban J connectivity index is 2.41. The average Bonchev–Trinajstić information content (AvgIpc) is 2.59. The summed E-state index contributed by atoms with van der Waals surface area (Å²) in [5.41, 5.74) is 2.24. The zero-order valence-electron chi connectivity index (χ0n) is 16.7. The van der Waals surface area contributed by atoms with Crippen molar-refractivity contribution in [1.82, 2.24) is 0 Å². The lowest BCUT2D eigenvalue weighted by atomic mass is 9.84. The molecule has 0 heterocycles. The van der Waals surface area contributed by atoms with Gasteiger partial charge in [-0.05, 0) is 67.3 Å². The van der Waals surface area contributed by atoms with Gasteiger partial charge in [-0.1, -0.05) is 26.8 Å². The first kappa shape index (κ1) is 20.6. The molecule has 0 aliphatic rings. The van der Waals surface area contributed by atoms with Gasteiger partial charge in [0.05, 0.1) is 13.2 Å². The van der Waals surface area contributed by atoms with Crippen LogP contribution in [0.5, 0.6) is 17.2 Å². The fourth-order valence-corrected chi connectivity index (χ4v) is 2.88. The highest BCUT2D eigenvalue weighted by atomic mass is 16.5. The molecule has 0 amide bonds. The van der Waals surface area contributed by atoms with Crippen molar-refractivity contribution in [1.29, 1.82) is 0 Å². The van der Waals surface area contributed by atoms with Gasteiger partial charge in [-0.25, -0.2) is 0 Å². The molecule has 2 aromatic rings. The third-order valence-electron chi connectivity index (χ3n) is 4.02. The molecule has 0 unspecified atom stereocenters. The van der Waals surface area contributed by atoms with Crippen LogP contribution in [0.2, 0.25) is 0 Å². The highest BCUT2D eigenvalue weighted by Crippen LogP contribution is 2.40. The van der Waals surface area contributed by atoms with Crippen molar-refractivity contribution in [2.75, 3.05) is 13.2 Å². The van der Waals surface area contributed by atoms with Crippen LogP contribution in [0.4, 0.5) is 0 Å². The predicted molar refractivity (Wildman–Crippen MR) is 109 cm³/mol. The van der Waals surface area contributed by atoms with Crippen molar-refractivity contribution in [3.63, 3.8) is 0 Å². The number of aromatic hydroxyl groups is 1. The van der Waals surface area contributed by atoms with E-state index in [9.17, 15) is 9.90 Å². The summed E-state index contributed by atoms with van der Waals surface area (Å²) in [6, 6.07) is 10.1. The maximum atomic E-state index is 12.3. The number of hydrogen-bond donors (Lipinski definition) is 1. The Morgan fingerprint density at radius 3 is 1.96 bits per heavy atom. The summed E-state index contributed by atoms with van der Waals surface area (Å²) in [4.78, 5) is 12.3. The van der Waals surface area contributed by atoms with E-state index in [1.807, 2.05) is 26.0 Å². The monoisotopic (exact) mass is 368 g/mol. The van der Waals surface area contributed by atoms with Crippen molar-refractivity contribution in [3.8, 4) is 17.2 Å². The molecule has 144 valence electrons. The summed E-state index contributed by atoms with van der Waals surface area (Å²) < 4.78 is 11.7. The fourth-order valence-electron chi connectivity index (χ4n) is 2.88. The number of allylic oxidation sites excluding steroid dienone is 1. The van der Waals surface area contributed by atoms with Gasteiger partial charge < -0.3 is 14.6 Å². The van der Waals surface area contributed by atoms with Crippen LogP contribution in [-0.2, 0) is 5.41 Å². The Morgan fingerprint density at radius 2 is 1.52 bits per heavy atom. The minimum atomic E-state index is -0.140. The lowest BCUT2D eigenvalue weighted by Crippen LogP contribution is -2.16. The molecule has 0 aromatic heterocycles. The molecule has 4 nitrogen and oxygen atoms in total. The lowest BCUT2D eigenvalue weighted by molar-refractivity contribution is 0.104. The summed E-state index contributed by atoms with van der Waals surface area (Å²) in [5, 5.41) is 9.34. The van der Waals surface area contributed by atoms with Crippen molar-refractivity contribution < 1.29 is 19.4 Å². The number of ether oxygens (including phenoxy) is 2. The van der Waals surface area contributed by atoms with E-state index >= 15 is 0 Å². The van der Waals surface area contributed by atoms with Crippen LogP contribution in [0, 0.1) is 0 Å². The van der Waals surface area contributed by atoms with Crippen molar-refractivity contribution in [2.45, 2.75) is 40.0 Å². The van der Waals surface area contributed by atoms with Crippen LogP contribution >= 0.6 is 0 Å². The second-order valence-electron chi connectivity index (χ2n) is 7.25. The van der Waals surface area contributed by atoms with Gasteiger partial charge in [-0.15, -0.1) is 0 Å². The Bertz CT molecular complexity index is 784. The van der Waals surface area contributed by atoms with Crippen molar-refractivity contribution in [2.24, 2.45) is 0 Å². The van der Waals surface area contributed by atoms with E-state index < -0.39 is 0 Å². The zero-order valence-corrected chi connectivity index (χ0v) is 16.7. The second-order valence-corrected chi connectivity index (χ2v) is 7.25.